The van der Waals surface area contributed by atoms with Gasteiger partial charge in [-0.05, 0) is 24.8 Å². The lowest BCUT2D eigenvalue weighted by Gasteiger charge is -2.13. The molecule has 1 fully saturated rings. The predicted molar refractivity (Wildman–Crippen MR) is 86.7 cm³/mol. The van der Waals surface area contributed by atoms with Crippen LogP contribution in [0.15, 0.2) is 6.07 Å². The molecule has 1 aliphatic rings. The molecule has 2 rings (SSSR count). The van der Waals surface area contributed by atoms with Crippen LogP contribution in [0.1, 0.15) is 73.5 Å². The second-order valence-electron chi connectivity index (χ2n) is 6.09. The molecule has 0 aromatic carbocycles. The number of anilines is 1. The molecule has 4 nitrogen and oxygen atoms in total. The van der Waals surface area contributed by atoms with Crippen LogP contribution in [0.2, 0.25) is 0 Å². The molecule has 0 aliphatic heterocycles. The van der Waals surface area contributed by atoms with Crippen molar-refractivity contribution < 1.29 is 9.59 Å². The van der Waals surface area contributed by atoms with Crippen LogP contribution in [0, 0.1) is 5.92 Å². The van der Waals surface area contributed by atoms with E-state index in [-0.39, 0.29) is 11.8 Å². The zero-order chi connectivity index (χ0) is 15.4. The first-order valence-electron chi connectivity index (χ1n) is 7.73. The molecule has 21 heavy (non-hydrogen) atoms. The lowest BCUT2D eigenvalue weighted by molar-refractivity contribution is -0.120. The summed E-state index contributed by atoms with van der Waals surface area (Å²) in [5.41, 5.74) is 5.86. The molecule has 0 bridgehead atoms. The quantitative estimate of drug-likeness (QED) is 0.828. The highest BCUT2D eigenvalue weighted by Crippen LogP contribution is 2.33. The molecule has 0 unspecified atom stereocenters. The molecular formula is C16H24N2O2S. The number of carbonyl (C=O) groups is 2. The molecule has 0 atom stereocenters. The summed E-state index contributed by atoms with van der Waals surface area (Å²) in [7, 11) is 0. The van der Waals surface area contributed by atoms with Gasteiger partial charge in [-0.2, -0.15) is 0 Å². The number of rotatable bonds is 4. The third-order valence-electron chi connectivity index (χ3n) is 4.05. The largest absolute Gasteiger partial charge is 0.366 e. The lowest BCUT2D eigenvalue weighted by Crippen LogP contribution is -2.23. The second-order valence-corrected chi connectivity index (χ2v) is 7.17. The number of carbonyl (C=O) groups excluding carboxylic acids is 2. The zero-order valence-electron chi connectivity index (χ0n) is 12.8. The summed E-state index contributed by atoms with van der Waals surface area (Å²) in [5, 5.41) is 3.55. The van der Waals surface area contributed by atoms with Gasteiger partial charge in [0.15, 0.2) is 0 Å². The third-order valence-corrected chi connectivity index (χ3v) is 5.40. The molecule has 0 radical (unpaired) electrons. The van der Waals surface area contributed by atoms with Crippen molar-refractivity contribution in [2.75, 3.05) is 5.32 Å². The van der Waals surface area contributed by atoms with Crippen LogP contribution >= 0.6 is 11.3 Å². The van der Waals surface area contributed by atoms with Crippen molar-refractivity contribution in [2.24, 2.45) is 11.7 Å². The van der Waals surface area contributed by atoms with Crippen molar-refractivity contribution in [1.29, 1.82) is 0 Å². The Morgan fingerprint density at radius 2 is 1.86 bits per heavy atom. The maximum atomic E-state index is 12.4. The van der Waals surface area contributed by atoms with Crippen molar-refractivity contribution in [1.82, 2.24) is 0 Å². The Kier molecular flexibility index (Phi) is 5.39. The van der Waals surface area contributed by atoms with Crippen LogP contribution in [0.25, 0.3) is 0 Å². The topological polar surface area (TPSA) is 72.2 Å². The van der Waals surface area contributed by atoms with Crippen molar-refractivity contribution in [3.05, 3.63) is 16.5 Å². The molecule has 1 aromatic heterocycles. The van der Waals surface area contributed by atoms with Gasteiger partial charge >= 0.3 is 0 Å². The Morgan fingerprint density at radius 1 is 1.24 bits per heavy atom. The summed E-state index contributed by atoms with van der Waals surface area (Å²) in [6.07, 6.45) is 6.55. The summed E-state index contributed by atoms with van der Waals surface area (Å²) in [6.45, 7) is 4.13. The SMILES string of the molecule is CC(C)c1cc(C(N)=O)c(NC(=O)C2CCCCCC2)s1. The Labute approximate surface area is 130 Å². The van der Waals surface area contributed by atoms with Gasteiger partial charge in [0.25, 0.3) is 5.91 Å². The van der Waals surface area contributed by atoms with Gasteiger partial charge in [-0.3, -0.25) is 9.59 Å². The first-order valence-corrected chi connectivity index (χ1v) is 8.55. The highest BCUT2D eigenvalue weighted by atomic mass is 32.1. The van der Waals surface area contributed by atoms with Gasteiger partial charge in [0, 0.05) is 10.8 Å². The number of thiophene rings is 1. The Bertz CT molecular complexity index is 514. The molecule has 1 heterocycles. The molecule has 1 saturated carbocycles. The van der Waals surface area contributed by atoms with E-state index in [1.165, 1.54) is 24.2 Å². The van der Waals surface area contributed by atoms with E-state index in [1.807, 2.05) is 0 Å². The Morgan fingerprint density at radius 3 is 2.38 bits per heavy atom. The van der Waals surface area contributed by atoms with E-state index >= 15 is 0 Å². The van der Waals surface area contributed by atoms with Gasteiger partial charge in [0.2, 0.25) is 5.91 Å². The Hall–Kier alpha value is -1.36. The van der Waals surface area contributed by atoms with Crippen molar-refractivity contribution in [3.8, 4) is 0 Å². The number of primary amides is 1. The molecule has 1 aliphatic carbocycles. The normalized spacial score (nSPS) is 16.7. The fourth-order valence-corrected chi connectivity index (χ4v) is 3.80. The van der Waals surface area contributed by atoms with Crippen molar-refractivity contribution in [2.45, 2.75) is 58.3 Å². The predicted octanol–water partition coefficient (Wildman–Crippen LogP) is 3.88. The molecule has 5 heteroatoms. The average molecular weight is 308 g/mol. The van der Waals surface area contributed by atoms with Crippen LogP contribution < -0.4 is 11.1 Å². The van der Waals surface area contributed by atoms with Crippen molar-refractivity contribution >= 4 is 28.2 Å². The first kappa shape index (κ1) is 16.0. The minimum Gasteiger partial charge on any atom is -0.366 e. The monoisotopic (exact) mass is 308 g/mol. The number of nitrogens with one attached hydrogen (secondary N) is 1. The van der Waals surface area contributed by atoms with E-state index in [2.05, 4.69) is 19.2 Å². The van der Waals surface area contributed by atoms with Crippen LogP contribution in [0.5, 0.6) is 0 Å². The van der Waals surface area contributed by atoms with Crippen LogP contribution in [0.3, 0.4) is 0 Å². The highest BCUT2D eigenvalue weighted by Gasteiger charge is 2.23. The maximum Gasteiger partial charge on any atom is 0.251 e. The zero-order valence-corrected chi connectivity index (χ0v) is 13.6. The molecule has 0 saturated heterocycles. The van der Waals surface area contributed by atoms with E-state index in [1.54, 1.807) is 6.07 Å². The maximum absolute atomic E-state index is 12.4. The summed E-state index contributed by atoms with van der Waals surface area (Å²) in [5.74, 6) is -0.0552. The summed E-state index contributed by atoms with van der Waals surface area (Å²) < 4.78 is 0. The molecular weight excluding hydrogens is 284 g/mol. The fourth-order valence-electron chi connectivity index (χ4n) is 2.73. The molecule has 0 spiro atoms. The van der Waals surface area contributed by atoms with Gasteiger partial charge in [-0.15, -0.1) is 11.3 Å². The van der Waals surface area contributed by atoms with E-state index in [0.717, 1.165) is 30.6 Å². The van der Waals surface area contributed by atoms with Crippen molar-refractivity contribution in [3.63, 3.8) is 0 Å². The molecule has 116 valence electrons. The van der Waals surface area contributed by atoms with E-state index < -0.39 is 5.91 Å². The van der Waals surface area contributed by atoms with Gasteiger partial charge in [0.1, 0.15) is 5.00 Å². The van der Waals surface area contributed by atoms with E-state index in [0.29, 0.717) is 16.5 Å². The molecule has 2 amide bonds. The fraction of sp³-hybridized carbons (Fsp3) is 0.625. The highest BCUT2D eigenvalue weighted by molar-refractivity contribution is 7.16. The smallest absolute Gasteiger partial charge is 0.251 e. The minimum absolute atomic E-state index is 0.0385. The number of hydrogen-bond acceptors (Lipinski definition) is 3. The summed E-state index contributed by atoms with van der Waals surface area (Å²) in [4.78, 5) is 25.0. The average Bonchev–Trinajstić information content (AvgIpc) is 2.67. The Balaban J connectivity index is 2.13. The minimum atomic E-state index is -0.477. The number of amides is 2. The van der Waals surface area contributed by atoms with Crippen LogP contribution in [-0.2, 0) is 4.79 Å². The number of nitrogens with two attached hydrogens (primary N) is 1. The van der Waals surface area contributed by atoms with Gasteiger partial charge in [-0.1, -0.05) is 39.5 Å². The van der Waals surface area contributed by atoms with Gasteiger partial charge in [0.05, 0.1) is 5.56 Å². The third kappa shape index (κ3) is 4.06. The lowest BCUT2D eigenvalue weighted by atomic mass is 9.99. The summed E-state index contributed by atoms with van der Waals surface area (Å²) >= 11 is 1.46. The first-order chi connectivity index (χ1) is 9.99. The standard InChI is InChI=1S/C16H24N2O2S/c1-10(2)13-9-12(14(17)19)16(21-13)18-15(20)11-7-5-3-4-6-8-11/h9-11H,3-8H2,1-2H3,(H2,17,19)(H,18,20). The number of hydrogen-bond donors (Lipinski definition) is 2. The van der Waals surface area contributed by atoms with Crippen LogP contribution in [0.4, 0.5) is 5.00 Å². The van der Waals surface area contributed by atoms with Gasteiger partial charge in [-0.25, -0.2) is 0 Å². The van der Waals surface area contributed by atoms with E-state index in [9.17, 15) is 9.59 Å². The molecule has 1 aromatic rings. The van der Waals surface area contributed by atoms with Gasteiger partial charge < -0.3 is 11.1 Å². The van der Waals surface area contributed by atoms with Crippen LogP contribution in [-0.4, -0.2) is 11.8 Å². The second kappa shape index (κ2) is 7.07. The van der Waals surface area contributed by atoms with E-state index in [4.69, 9.17) is 5.73 Å². The summed E-state index contributed by atoms with van der Waals surface area (Å²) in [6, 6.07) is 1.81. The molecule has 3 N–H and O–H groups in total.